The summed E-state index contributed by atoms with van der Waals surface area (Å²) in [6.45, 7) is 5.08. The van der Waals surface area contributed by atoms with Crippen molar-refractivity contribution in [1.29, 1.82) is 0 Å². The molecule has 0 unspecified atom stereocenters. The lowest BCUT2D eigenvalue weighted by molar-refractivity contribution is -0.115. The minimum atomic E-state index is -3.71. The fourth-order valence-electron chi connectivity index (χ4n) is 2.82. The number of sulfone groups is 1. The van der Waals surface area contributed by atoms with Crippen molar-refractivity contribution in [2.75, 3.05) is 11.1 Å². The summed E-state index contributed by atoms with van der Waals surface area (Å²) in [5, 5.41) is 6.34. The molecule has 0 aliphatic rings. The molecule has 0 spiro atoms. The van der Waals surface area contributed by atoms with Gasteiger partial charge in [0.05, 0.1) is 16.3 Å². The SMILES string of the molecule is Cc1cc(-c2ccc(C)c(S(=O)(=O)CCC(=O)Nc3ccc(C)c(F)c3)c2)on1. The Morgan fingerprint density at radius 1 is 1.07 bits per heavy atom. The summed E-state index contributed by atoms with van der Waals surface area (Å²) >= 11 is 0. The molecule has 0 radical (unpaired) electrons. The third kappa shape index (κ3) is 4.89. The third-order valence-corrected chi connectivity index (χ3v) is 6.34. The van der Waals surface area contributed by atoms with Gasteiger partial charge in [-0.2, -0.15) is 0 Å². The Hall–Kier alpha value is -3.00. The molecule has 6 nitrogen and oxygen atoms in total. The Morgan fingerprint density at radius 3 is 2.45 bits per heavy atom. The van der Waals surface area contributed by atoms with Gasteiger partial charge in [-0.15, -0.1) is 0 Å². The van der Waals surface area contributed by atoms with Crippen molar-refractivity contribution in [1.82, 2.24) is 5.16 Å². The molecule has 2 aromatic carbocycles. The molecule has 0 saturated heterocycles. The highest BCUT2D eigenvalue weighted by Gasteiger charge is 2.20. The Kier molecular flexibility index (Phi) is 5.83. The number of aryl methyl sites for hydroxylation is 3. The van der Waals surface area contributed by atoms with E-state index < -0.39 is 21.6 Å². The minimum Gasteiger partial charge on any atom is -0.356 e. The van der Waals surface area contributed by atoms with Gasteiger partial charge in [0.2, 0.25) is 5.91 Å². The summed E-state index contributed by atoms with van der Waals surface area (Å²) in [6, 6.07) is 11.0. The normalized spacial score (nSPS) is 11.4. The highest BCUT2D eigenvalue weighted by molar-refractivity contribution is 7.91. The first-order chi connectivity index (χ1) is 13.7. The Bertz CT molecular complexity index is 1170. The summed E-state index contributed by atoms with van der Waals surface area (Å²) in [7, 11) is -3.71. The predicted octanol–water partition coefficient (Wildman–Crippen LogP) is 4.21. The van der Waals surface area contributed by atoms with E-state index in [1.165, 1.54) is 12.1 Å². The molecule has 29 heavy (non-hydrogen) atoms. The van der Waals surface area contributed by atoms with E-state index in [1.54, 1.807) is 51.1 Å². The van der Waals surface area contributed by atoms with Crippen LogP contribution < -0.4 is 5.32 Å². The average Bonchev–Trinajstić information content (AvgIpc) is 3.10. The van der Waals surface area contributed by atoms with Gasteiger partial charge < -0.3 is 9.84 Å². The van der Waals surface area contributed by atoms with Crippen LogP contribution in [0.15, 0.2) is 51.9 Å². The number of rotatable bonds is 6. The van der Waals surface area contributed by atoms with E-state index in [4.69, 9.17) is 4.52 Å². The van der Waals surface area contributed by atoms with Crippen molar-refractivity contribution >= 4 is 21.4 Å². The predicted molar refractivity (Wildman–Crippen MR) is 108 cm³/mol. The zero-order valence-corrected chi connectivity index (χ0v) is 17.1. The topological polar surface area (TPSA) is 89.3 Å². The number of hydrogen-bond acceptors (Lipinski definition) is 5. The summed E-state index contributed by atoms with van der Waals surface area (Å²) < 4.78 is 44.4. The number of hydrogen-bond donors (Lipinski definition) is 1. The van der Waals surface area contributed by atoms with Crippen LogP contribution >= 0.6 is 0 Å². The van der Waals surface area contributed by atoms with Crippen LogP contribution in [-0.4, -0.2) is 25.2 Å². The van der Waals surface area contributed by atoms with Crippen molar-refractivity contribution < 1.29 is 22.1 Å². The second-order valence-corrected chi connectivity index (χ2v) is 8.97. The number of carbonyl (C=O) groups is 1. The smallest absolute Gasteiger partial charge is 0.225 e. The van der Waals surface area contributed by atoms with E-state index in [0.29, 0.717) is 28.1 Å². The molecule has 0 aliphatic carbocycles. The Balaban J connectivity index is 1.73. The Morgan fingerprint density at radius 2 is 1.79 bits per heavy atom. The van der Waals surface area contributed by atoms with E-state index in [-0.39, 0.29) is 22.8 Å². The van der Waals surface area contributed by atoms with Crippen LogP contribution in [0, 0.1) is 26.6 Å². The zero-order chi connectivity index (χ0) is 21.2. The first-order valence-electron chi connectivity index (χ1n) is 8.99. The molecule has 3 rings (SSSR count). The molecule has 0 atom stereocenters. The summed E-state index contributed by atoms with van der Waals surface area (Å²) in [4.78, 5) is 12.3. The van der Waals surface area contributed by atoms with Crippen molar-refractivity contribution in [3.8, 4) is 11.3 Å². The fraction of sp³-hybridized carbons (Fsp3) is 0.238. The minimum absolute atomic E-state index is 0.137. The molecule has 1 amide bonds. The van der Waals surface area contributed by atoms with E-state index >= 15 is 0 Å². The van der Waals surface area contributed by atoms with Crippen LogP contribution in [0.2, 0.25) is 0 Å². The van der Waals surface area contributed by atoms with Gasteiger partial charge in [-0.05, 0) is 50.1 Å². The highest BCUT2D eigenvalue weighted by atomic mass is 32.2. The number of anilines is 1. The van der Waals surface area contributed by atoms with E-state index in [0.717, 1.165) is 0 Å². The fourth-order valence-corrected chi connectivity index (χ4v) is 4.36. The molecule has 0 fully saturated rings. The molecule has 0 aliphatic heterocycles. The molecular weight excluding hydrogens is 395 g/mol. The lowest BCUT2D eigenvalue weighted by Crippen LogP contribution is -2.18. The summed E-state index contributed by atoms with van der Waals surface area (Å²) in [6.07, 6.45) is -0.247. The van der Waals surface area contributed by atoms with Gasteiger partial charge in [-0.25, -0.2) is 12.8 Å². The number of amides is 1. The Labute approximate surface area is 168 Å². The second kappa shape index (κ2) is 8.16. The van der Waals surface area contributed by atoms with Gasteiger partial charge in [0.1, 0.15) is 5.82 Å². The summed E-state index contributed by atoms with van der Waals surface area (Å²) in [5.41, 5.74) is 2.60. The highest BCUT2D eigenvalue weighted by Crippen LogP contribution is 2.26. The van der Waals surface area contributed by atoms with Crippen LogP contribution in [0.3, 0.4) is 0 Å². The molecule has 0 bridgehead atoms. The van der Waals surface area contributed by atoms with E-state index in [1.807, 2.05) is 0 Å². The molecular formula is C21H21FN2O4S. The molecule has 1 heterocycles. The summed E-state index contributed by atoms with van der Waals surface area (Å²) in [5.74, 6) is -0.840. The monoisotopic (exact) mass is 416 g/mol. The standard InChI is InChI=1S/C21H21FN2O4S/c1-13-5-7-17(12-18(13)22)23-21(25)8-9-29(26,27)20-11-16(6-4-14(20)2)19-10-15(3)24-28-19/h4-7,10-12H,8-9H2,1-3H3,(H,23,25). The number of benzene rings is 2. The third-order valence-electron chi connectivity index (χ3n) is 4.49. The van der Waals surface area contributed by atoms with Gasteiger partial charge in [0.25, 0.3) is 0 Å². The van der Waals surface area contributed by atoms with Gasteiger partial charge in [-0.1, -0.05) is 23.4 Å². The number of nitrogens with zero attached hydrogens (tertiary/aromatic N) is 1. The van der Waals surface area contributed by atoms with E-state index in [2.05, 4.69) is 10.5 Å². The second-order valence-electron chi connectivity index (χ2n) is 6.89. The molecule has 0 saturated carbocycles. The molecule has 1 N–H and O–H groups in total. The number of carbonyl (C=O) groups excluding carboxylic acids is 1. The van der Waals surface area contributed by atoms with Crippen molar-refractivity contribution in [3.05, 3.63) is 65.1 Å². The molecule has 8 heteroatoms. The molecule has 1 aromatic heterocycles. The van der Waals surface area contributed by atoms with Crippen LogP contribution in [0.1, 0.15) is 23.2 Å². The lowest BCUT2D eigenvalue weighted by atomic mass is 10.1. The van der Waals surface area contributed by atoms with Gasteiger partial charge in [-0.3, -0.25) is 4.79 Å². The average molecular weight is 416 g/mol. The lowest BCUT2D eigenvalue weighted by Gasteiger charge is -2.10. The number of halogens is 1. The zero-order valence-electron chi connectivity index (χ0n) is 16.3. The van der Waals surface area contributed by atoms with Crippen LogP contribution in [-0.2, 0) is 14.6 Å². The maximum atomic E-state index is 13.6. The molecule has 3 aromatic rings. The largest absolute Gasteiger partial charge is 0.356 e. The van der Waals surface area contributed by atoms with Crippen LogP contribution in [0.5, 0.6) is 0 Å². The van der Waals surface area contributed by atoms with E-state index in [9.17, 15) is 17.6 Å². The van der Waals surface area contributed by atoms with Crippen LogP contribution in [0.25, 0.3) is 11.3 Å². The maximum Gasteiger partial charge on any atom is 0.225 e. The molecule has 152 valence electrons. The van der Waals surface area contributed by atoms with Crippen molar-refractivity contribution in [3.63, 3.8) is 0 Å². The van der Waals surface area contributed by atoms with Gasteiger partial charge >= 0.3 is 0 Å². The van der Waals surface area contributed by atoms with Crippen LogP contribution in [0.4, 0.5) is 10.1 Å². The maximum absolute atomic E-state index is 13.6. The van der Waals surface area contributed by atoms with Crippen molar-refractivity contribution in [2.45, 2.75) is 32.1 Å². The number of aromatic nitrogens is 1. The first-order valence-corrected chi connectivity index (χ1v) is 10.6. The number of nitrogens with one attached hydrogen (secondary N) is 1. The quantitative estimate of drug-likeness (QED) is 0.650. The van der Waals surface area contributed by atoms with Gasteiger partial charge in [0.15, 0.2) is 15.6 Å². The van der Waals surface area contributed by atoms with Crippen molar-refractivity contribution in [2.24, 2.45) is 0 Å². The van der Waals surface area contributed by atoms with Gasteiger partial charge in [0, 0.05) is 23.7 Å². The first kappa shape index (κ1) is 20.7.